The average Bonchev–Trinajstić information content (AvgIpc) is 3.01. The number of phenolic OH excluding ortho intramolecular Hbond substituents is 1. The van der Waals surface area contributed by atoms with E-state index in [-0.39, 0.29) is 35.3 Å². The number of benzene rings is 1. The van der Waals surface area contributed by atoms with Crippen LogP contribution in [-0.4, -0.2) is 49.2 Å². The van der Waals surface area contributed by atoms with E-state index in [0.717, 1.165) is 19.3 Å². The third kappa shape index (κ3) is 3.16. The number of hydrogen-bond acceptors (Lipinski definition) is 6. The summed E-state index contributed by atoms with van der Waals surface area (Å²) in [5.74, 6) is -5.14. The molecule has 2 aromatic heterocycles. The molecule has 31 heavy (non-hydrogen) atoms. The van der Waals surface area contributed by atoms with Gasteiger partial charge in [-0.2, -0.15) is 23.3 Å². The molecule has 0 saturated heterocycles. The highest BCUT2D eigenvalue weighted by atomic mass is 19.4. The van der Waals surface area contributed by atoms with Crippen LogP contribution < -0.4 is 4.90 Å². The summed E-state index contributed by atoms with van der Waals surface area (Å²) >= 11 is 0. The Bertz CT molecular complexity index is 1170. The first-order chi connectivity index (χ1) is 14.5. The Hall–Kier alpha value is -3.02. The zero-order valence-electron chi connectivity index (χ0n) is 16.5. The summed E-state index contributed by atoms with van der Waals surface area (Å²) in [7, 11) is 3.18. The monoisotopic (exact) mass is 443 g/mol. The van der Waals surface area contributed by atoms with Crippen molar-refractivity contribution >= 4 is 17.0 Å². The molecule has 0 aliphatic heterocycles. The fourth-order valence-electron chi connectivity index (χ4n) is 3.79. The second kappa shape index (κ2) is 7.01. The van der Waals surface area contributed by atoms with Crippen molar-refractivity contribution in [2.75, 3.05) is 18.6 Å². The van der Waals surface area contributed by atoms with Gasteiger partial charge in [0.05, 0.1) is 23.1 Å². The first-order valence-corrected chi connectivity index (χ1v) is 9.33. The Morgan fingerprint density at radius 2 is 1.90 bits per heavy atom. The summed E-state index contributed by atoms with van der Waals surface area (Å²) in [5, 5.41) is 23.5. The largest absolute Gasteiger partial charge is 0.503 e. The number of hydrogen-bond donors (Lipinski definition) is 2. The Labute approximate surface area is 172 Å². The van der Waals surface area contributed by atoms with E-state index in [0.29, 0.717) is 0 Å². The lowest BCUT2D eigenvalue weighted by molar-refractivity contribution is -0.140. The smallest absolute Gasteiger partial charge is 0.419 e. The first kappa shape index (κ1) is 21.2. The summed E-state index contributed by atoms with van der Waals surface area (Å²) < 4.78 is 69.0. The van der Waals surface area contributed by atoms with Crippen LogP contribution in [0.4, 0.5) is 27.9 Å². The van der Waals surface area contributed by atoms with Gasteiger partial charge in [0, 0.05) is 25.9 Å². The zero-order valence-corrected chi connectivity index (χ0v) is 16.5. The van der Waals surface area contributed by atoms with Gasteiger partial charge in [-0.25, -0.2) is 18.4 Å². The van der Waals surface area contributed by atoms with Crippen LogP contribution in [0.15, 0.2) is 12.3 Å². The number of anilines is 1. The predicted molar refractivity (Wildman–Crippen MR) is 100 cm³/mol. The molecule has 1 aliphatic rings. The van der Waals surface area contributed by atoms with E-state index >= 15 is 0 Å². The highest BCUT2D eigenvalue weighted by molar-refractivity contribution is 5.91. The van der Waals surface area contributed by atoms with Gasteiger partial charge >= 0.3 is 6.18 Å². The average molecular weight is 443 g/mol. The molecular weight excluding hydrogens is 425 g/mol. The van der Waals surface area contributed by atoms with E-state index in [1.54, 1.807) is 11.9 Å². The van der Waals surface area contributed by atoms with Crippen LogP contribution in [0.3, 0.4) is 0 Å². The Balaban J connectivity index is 1.87. The van der Waals surface area contributed by atoms with Gasteiger partial charge in [0.25, 0.3) is 0 Å². The lowest BCUT2D eigenvalue weighted by atomic mass is 9.76. The number of aryl methyl sites for hydroxylation is 1. The van der Waals surface area contributed by atoms with Gasteiger partial charge in [-0.05, 0) is 25.3 Å². The molecule has 0 unspecified atom stereocenters. The number of aliphatic hydroxyl groups excluding tert-OH is 1. The Morgan fingerprint density at radius 3 is 2.45 bits per heavy atom. The van der Waals surface area contributed by atoms with Crippen LogP contribution >= 0.6 is 0 Å². The van der Waals surface area contributed by atoms with Crippen molar-refractivity contribution in [1.82, 2.24) is 19.7 Å². The van der Waals surface area contributed by atoms with Crippen LogP contribution in [0, 0.1) is 11.6 Å². The highest BCUT2D eigenvalue weighted by Crippen LogP contribution is 2.42. The number of fused-ring (bicyclic) bond motifs is 1. The first-order valence-electron chi connectivity index (χ1n) is 9.33. The van der Waals surface area contributed by atoms with E-state index in [1.165, 1.54) is 17.9 Å². The minimum atomic E-state index is -5.15. The normalized spacial score (nSPS) is 15.9. The quantitative estimate of drug-likeness (QED) is 0.602. The SMILES string of the molecule is CN(c1ncc2c(-c3cc(C(F)(F)F)c(F)c(O)c3F)nn(C)c2n1)C1(CO)CCC1. The standard InChI is InChI=1S/C19H18F5N5O2/c1-28(18(8-30)4-3-5-18)17-25-7-10-14(27-29(2)16(10)26-17)9-6-11(19(22,23)24)13(21)15(31)12(9)20/h6-7,30-31H,3-5,8H2,1-2H3. The minimum absolute atomic E-state index is 0.0954. The molecule has 1 aromatic carbocycles. The number of rotatable bonds is 4. The molecule has 7 nitrogen and oxygen atoms in total. The second-order valence-electron chi connectivity index (χ2n) is 7.62. The number of aromatic hydroxyl groups is 1. The summed E-state index contributed by atoms with van der Waals surface area (Å²) in [6, 6.07) is 0.265. The fraction of sp³-hybridized carbons (Fsp3) is 0.421. The van der Waals surface area contributed by atoms with Gasteiger partial charge in [-0.15, -0.1) is 0 Å². The topological polar surface area (TPSA) is 87.3 Å². The zero-order chi connectivity index (χ0) is 22.7. The fourth-order valence-corrected chi connectivity index (χ4v) is 3.79. The van der Waals surface area contributed by atoms with E-state index in [2.05, 4.69) is 15.1 Å². The predicted octanol–water partition coefficient (Wildman–Crippen LogP) is 3.38. The highest BCUT2D eigenvalue weighted by Gasteiger charge is 2.42. The summed E-state index contributed by atoms with van der Waals surface area (Å²) in [6.45, 7) is -0.0954. The molecule has 0 atom stereocenters. The van der Waals surface area contributed by atoms with E-state index in [4.69, 9.17) is 0 Å². The molecule has 2 heterocycles. The number of aliphatic hydroxyl groups is 1. The van der Waals surface area contributed by atoms with Crippen LogP contribution in [0.2, 0.25) is 0 Å². The van der Waals surface area contributed by atoms with Crippen molar-refractivity contribution in [2.24, 2.45) is 7.05 Å². The summed E-state index contributed by atoms with van der Waals surface area (Å²) in [6.07, 6.45) is -1.44. The maximum absolute atomic E-state index is 14.5. The van der Waals surface area contributed by atoms with Crippen LogP contribution in [0.1, 0.15) is 24.8 Å². The van der Waals surface area contributed by atoms with Gasteiger partial charge in [0.1, 0.15) is 5.69 Å². The van der Waals surface area contributed by atoms with E-state index in [1.807, 2.05) is 0 Å². The van der Waals surface area contributed by atoms with Crippen molar-refractivity contribution in [3.63, 3.8) is 0 Å². The van der Waals surface area contributed by atoms with Crippen LogP contribution in [0.25, 0.3) is 22.3 Å². The van der Waals surface area contributed by atoms with Crippen LogP contribution in [0.5, 0.6) is 5.75 Å². The Kier molecular flexibility index (Phi) is 4.80. The molecule has 0 spiro atoms. The van der Waals surface area contributed by atoms with Crippen molar-refractivity contribution in [3.8, 4) is 17.0 Å². The maximum atomic E-state index is 14.5. The van der Waals surface area contributed by atoms with Crippen molar-refractivity contribution < 1.29 is 32.2 Å². The van der Waals surface area contributed by atoms with Gasteiger partial charge in [-0.1, -0.05) is 0 Å². The third-order valence-electron chi connectivity index (χ3n) is 5.90. The maximum Gasteiger partial charge on any atom is 0.419 e. The lowest BCUT2D eigenvalue weighted by Gasteiger charge is -2.47. The van der Waals surface area contributed by atoms with E-state index < -0.39 is 40.2 Å². The molecule has 2 N–H and O–H groups in total. The number of alkyl halides is 3. The molecule has 12 heteroatoms. The molecule has 0 amide bonds. The number of likely N-dealkylation sites (N-methyl/N-ethyl adjacent to an activating group) is 1. The molecule has 4 rings (SSSR count). The number of halogens is 5. The van der Waals surface area contributed by atoms with Crippen LogP contribution in [-0.2, 0) is 13.2 Å². The molecule has 0 bridgehead atoms. The summed E-state index contributed by atoms with van der Waals surface area (Å²) in [5.41, 5.74) is -3.12. The van der Waals surface area contributed by atoms with Gasteiger partial charge in [0.2, 0.25) is 5.95 Å². The van der Waals surface area contributed by atoms with Crippen molar-refractivity contribution in [2.45, 2.75) is 31.0 Å². The number of nitrogens with zero attached hydrogens (tertiary/aromatic N) is 5. The van der Waals surface area contributed by atoms with E-state index in [9.17, 15) is 32.2 Å². The molecule has 0 radical (unpaired) electrons. The molecular formula is C19H18F5N5O2. The number of aromatic nitrogens is 4. The molecule has 1 fully saturated rings. The molecule has 1 saturated carbocycles. The minimum Gasteiger partial charge on any atom is -0.503 e. The van der Waals surface area contributed by atoms with Gasteiger partial charge in [0.15, 0.2) is 23.0 Å². The lowest BCUT2D eigenvalue weighted by Crippen LogP contribution is -2.55. The summed E-state index contributed by atoms with van der Waals surface area (Å²) in [4.78, 5) is 10.3. The molecule has 3 aromatic rings. The van der Waals surface area contributed by atoms with Crippen molar-refractivity contribution in [1.29, 1.82) is 0 Å². The van der Waals surface area contributed by atoms with Gasteiger partial charge in [-0.3, -0.25) is 0 Å². The molecule has 1 aliphatic carbocycles. The number of phenols is 1. The molecule has 166 valence electrons. The van der Waals surface area contributed by atoms with Crippen molar-refractivity contribution in [3.05, 3.63) is 29.5 Å². The third-order valence-corrected chi connectivity index (χ3v) is 5.90. The second-order valence-corrected chi connectivity index (χ2v) is 7.62. The Morgan fingerprint density at radius 1 is 1.23 bits per heavy atom. The van der Waals surface area contributed by atoms with Gasteiger partial charge < -0.3 is 15.1 Å².